The molecule has 0 aliphatic carbocycles. The van der Waals surface area contributed by atoms with E-state index in [9.17, 15) is 14.0 Å². The van der Waals surface area contributed by atoms with E-state index >= 15 is 0 Å². The highest BCUT2D eigenvalue weighted by Crippen LogP contribution is 2.12. The van der Waals surface area contributed by atoms with Gasteiger partial charge in [0.05, 0.1) is 12.8 Å². The van der Waals surface area contributed by atoms with Crippen LogP contribution in [0.3, 0.4) is 0 Å². The van der Waals surface area contributed by atoms with Gasteiger partial charge in [-0.1, -0.05) is 31.6 Å². The number of furan rings is 1. The average Bonchev–Trinajstić information content (AvgIpc) is 3.22. The third-order valence-corrected chi connectivity index (χ3v) is 4.34. The smallest absolute Gasteiger partial charge is 0.318 e. The molecule has 0 unspecified atom stereocenters. The number of unbranched alkanes of at least 4 members (excludes halogenated alkanes) is 1. The zero-order valence-electron chi connectivity index (χ0n) is 16.8. The van der Waals surface area contributed by atoms with Gasteiger partial charge in [0, 0.05) is 19.6 Å². The van der Waals surface area contributed by atoms with Crippen molar-refractivity contribution in [3.63, 3.8) is 0 Å². The summed E-state index contributed by atoms with van der Waals surface area (Å²) in [6.07, 6.45) is 4.97. The van der Waals surface area contributed by atoms with E-state index < -0.39 is 0 Å². The van der Waals surface area contributed by atoms with E-state index in [1.807, 2.05) is 6.92 Å². The molecule has 29 heavy (non-hydrogen) atoms. The minimum absolute atomic E-state index is 0.0914. The molecule has 2 rings (SSSR count). The van der Waals surface area contributed by atoms with Crippen LogP contribution in [-0.2, 0) is 17.9 Å². The molecule has 7 heteroatoms. The topological polar surface area (TPSA) is 65.8 Å². The van der Waals surface area contributed by atoms with E-state index in [1.54, 1.807) is 41.5 Å². The van der Waals surface area contributed by atoms with Crippen LogP contribution in [0.15, 0.2) is 59.7 Å². The normalized spacial score (nSPS) is 10.4. The Kier molecular flexibility index (Phi) is 8.95. The van der Waals surface area contributed by atoms with Gasteiger partial charge in [-0.3, -0.25) is 4.79 Å². The number of urea groups is 1. The molecule has 0 radical (unpaired) electrons. The molecule has 0 spiro atoms. The third-order valence-electron chi connectivity index (χ3n) is 4.34. The molecule has 0 saturated carbocycles. The number of carbonyl (C=O) groups excluding carboxylic acids is 2. The molecule has 1 heterocycles. The zero-order valence-corrected chi connectivity index (χ0v) is 16.8. The maximum atomic E-state index is 13.2. The Labute approximate surface area is 171 Å². The standard InChI is InChI=1S/C22H28FN3O3/c1-3-5-12-24-22(28)25(13-4-2)17-21(27)26(16-20-7-6-14-29-20)15-18-8-10-19(23)11-9-18/h4,6-11,14H,2-3,5,12-13,15-17H2,1H3,(H,24,28). The van der Waals surface area contributed by atoms with E-state index in [0.717, 1.165) is 18.4 Å². The van der Waals surface area contributed by atoms with E-state index in [1.165, 1.54) is 17.0 Å². The highest BCUT2D eigenvalue weighted by molar-refractivity contribution is 5.84. The summed E-state index contributed by atoms with van der Waals surface area (Å²) in [5.41, 5.74) is 0.786. The monoisotopic (exact) mass is 401 g/mol. The Morgan fingerprint density at radius 3 is 2.55 bits per heavy atom. The van der Waals surface area contributed by atoms with E-state index in [4.69, 9.17) is 4.42 Å². The summed E-state index contributed by atoms with van der Waals surface area (Å²) in [7, 11) is 0. The van der Waals surface area contributed by atoms with E-state index in [0.29, 0.717) is 12.3 Å². The van der Waals surface area contributed by atoms with Crippen molar-refractivity contribution in [3.8, 4) is 0 Å². The molecular formula is C22H28FN3O3. The number of nitrogens with zero attached hydrogens (tertiary/aromatic N) is 2. The number of carbonyl (C=O) groups is 2. The number of rotatable bonds is 11. The van der Waals surface area contributed by atoms with Crippen LogP contribution in [0.25, 0.3) is 0 Å². The fourth-order valence-electron chi connectivity index (χ4n) is 2.76. The predicted molar refractivity (Wildman–Crippen MR) is 109 cm³/mol. The molecule has 6 nitrogen and oxygen atoms in total. The molecule has 156 valence electrons. The van der Waals surface area contributed by atoms with Gasteiger partial charge in [-0.25, -0.2) is 9.18 Å². The first-order valence-electron chi connectivity index (χ1n) is 9.71. The first-order chi connectivity index (χ1) is 14.0. The second kappa shape index (κ2) is 11.7. The van der Waals surface area contributed by atoms with Crippen LogP contribution < -0.4 is 5.32 Å². The lowest BCUT2D eigenvalue weighted by molar-refractivity contribution is -0.133. The van der Waals surface area contributed by atoms with Crippen molar-refractivity contribution in [1.82, 2.24) is 15.1 Å². The number of halogens is 1. The molecule has 3 amide bonds. The van der Waals surface area contributed by atoms with Gasteiger partial charge in [0.15, 0.2) is 0 Å². The SMILES string of the molecule is C=CCN(CC(=O)N(Cc1ccc(F)cc1)Cc1ccco1)C(=O)NCCCC. The summed E-state index contributed by atoms with van der Waals surface area (Å²) in [5, 5.41) is 2.82. The van der Waals surface area contributed by atoms with Crippen LogP contribution in [0.5, 0.6) is 0 Å². The summed E-state index contributed by atoms with van der Waals surface area (Å²) < 4.78 is 18.6. The highest BCUT2D eigenvalue weighted by atomic mass is 19.1. The second-order valence-electron chi connectivity index (χ2n) is 6.71. The van der Waals surface area contributed by atoms with Crippen LogP contribution in [-0.4, -0.2) is 41.4 Å². The van der Waals surface area contributed by atoms with Gasteiger partial charge < -0.3 is 19.5 Å². The maximum absolute atomic E-state index is 13.2. The first kappa shape index (κ1) is 22.2. The van der Waals surface area contributed by atoms with Crippen molar-refractivity contribution in [3.05, 3.63) is 72.5 Å². The molecule has 0 saturated heterocycles. The predicted octanol–water partition coefficient (Wildman–Crippen LogP) is 3.95. The summed E-state index contributed by atoms with van der Waals surface area (Å²) in [4.78, 5) is 28.4. The largest absolute Gasteiger partial charge is 0.467 e. The second-order valence-corrected chi connectivity index (χ2v) is 6.71. The summed E-state index contributed by atoms with van der Waals surface area (Å²) in [5.74, 6) is 0.0555. The molecule has 0 atom stereocenters. The van der Waals surface area contributed by atoms with Crippen LogP contribution in [0, 0.1) is 5.82 Å². The lowest BCUT2D eigenvalue weighted by Crippen LogP contribution is -2.46. The van der Waals surface area contributed by atoms with Crippen LogP contribution in [0.2, 0.25) is 0 Å². The number of hydrogen-bond donors (Lipinski definition) is 1. The molecule has 0 aliphatic heterocycles. The number of benzene rings is 1. The average molecular weight is 401 g/mol. The van der Waals surface area contributed by atoms with Gasteiger partial charge in [0.25, 0.3) is 0 Å². The number of nitrogens with one attached hydrogen (secondary N) is 1. The van der Waals surface area contributed by atoms with E-state index in [-0.39, 0.29) is 43.9 Å². The molecule has 0 bridgehead atoms. The van der Waals surface area contributed by atoms with Crippen molar-refractivity contribution in [2.45, 2.75) is 32.9 Å². The van der Waals surface area contributed by atoms with Gasteiger partial charge in [-0.2, -0.15) is 0 Å². The zero-order chi connectivity index (χ0) is 21.1. The van der Waals surface area contributed by atoms with Crippen molar-refractivity contribution < 1.29 is 18.4 Å². The molecule has 0 aliphatic rings. The van der Waals surface area contributed by atoms with Crippen LogP contribution in [0.4, 0.5) is 9.18 Å². The number of hydrogen-bond acceptors (Lipinski definition) is 3. The molecule has 0 fully saturated rings. The quantitative estimate of drug-likeness (QED) is 0.458. The lowest BCUT2D eigenvalue weighted by atomic mass is 10.2. The summed E-state index contributed by atoms with van der Waals surface area (Å²) in [6.45, 7) is 6.97. The Bertz CT molecular complexity index is 775. The Hall–Kier alpha value is -3.09. The van der Waals surface area contributed by atoms with Crippen LogP contribution >= 0.6 is 0 Å². The highest BCUT2D eigenvalue weighted by Gasteiger charge is 2.21. The summed E-state index contributed by atoms with van der Waals surface area (Å²) >= 11 is 0. The Morgan fingerprint density at radius 1 is 1.17 bits per heavy atom. The molecule has 1 aromatic heterocycles. The van der Waals surface area contributed by atoms with E-state index in [2.05, 4.69) is 11.9 Å². The molecule has 2 aromatic rings. The van der Waals surface area contributed by atoms with Crippen molar-refractivity contribution in [2.24, 2.45) is 0 Å². The third kappa shape index (κ3) is 7.44. The molecular weight excluding hydrogens is 373 g/mol. The minimum atomic E-state index is -0.335. The van der Waals surface area contributed by atoms with Gasteiger partial charge >= 0.3 is 6.03 Å². The van der Waals surface area contributed by atoms with Gasteiger partial charge in [-0.05, 0) is 36.2 Å². The Balaban J connectivity index is 2.09. The fraction of sp³-hybridized carbons (Fsp3) is 0.364. The minimum Gasteiger partial charge on any atom is -0.467 e. The lowest BCUT2D eigenvalue weighted by Gasteiger charge is -2.27. The van der Waals surface area contributed by atoms with Crippen molar-refractivity contribution in [2.75, 3.05) is 19.6 Å². The summed E-state index contributed by atoms with van der Waals surface area (Å²) in [6, 6.07) is 9.22. The first-order valence-corrected chi connectivity index (χ1v) is 9.71. The number of amides is 3. The molecule has 1 N–H and O–H groups in total. The van der Waals surface area contributed by atoms with Gasteiger partial charge in [0.1, 0.15) is 18.1 Å². The van der Waals surface area contributed by atoms with Gasteiger partial charge in [-0.15, -0.1) is 6.58 Å². The fourth-order valence-corrected chi connectivity index (χ4v) is 2.76. The van der Waals surface area contributed by atoms with Crippen LogP contribution in [0.1, 0.15) is 31.1 Å². The maximum Gasteiger partial charge on any atom is 0.318 e. The molecule has 1 aromatic carbocycles. The van der Waals surface area contributed by atoms with Gasteiger partial charge in [0.2, 0.25) is 5.91 Å². The van der Waals surface area contributed by atoms with Crippen molar-refractivity contribution in [1.29, 1.82) is 0 Å². The Morgan fingerprint density at radius 2 is 1.93 bits per heavy atom. The van der Waals surface area contributed by atoms with Crippen molar-refractivity contribution >= 4 is 11.9 Å².